The van der Waals surface area contributed by atoms with Gasteiger partial charge in [0.1, 0.15) is 5.75 Å². The molecule has 1 heterocycles. The molecule has 5 aromatic carbocycles. The predicted molar refractivity (Wildman–Crippen MR) is 132 cm³/mol. The van der Waals surface area contributed by atoms with E-state index in [0.717, 1.165) is 32.7 Å². The molecular formula is C30H20O4. The van der Waals surface area contributed by atoms with Gasteiger partial charge in [-0.1, -0.05) is 103 Å². The second-order valence-corrected chi connectivity index (χ2v) is 8.38. The largest absolute Gasteiger partial charge is 0.440 e. The van der Waals surface area contributed by atoms with Gasteiger partial charge in [-0.05, 0) is 27.3 Å². The molecule has 34 heavy (non-hydrogen) atoms. The molecular weight excluding hydrogens is 424 g/mol. The zero-order chi connectivity index (χ0) is 23.3. The second kappa shape index (κ2) is 7.56. The summed E-state index contributed by atoms with van der Waals surface area (Å²) in [5, 5.41) is 3.50. The van der Waals surface area contributed by atoms with Crippen LogP contribution in [0.25, 0.3) is 32.7 Å². The maximum Gasteiger partial charge on any atom is 0.346 e. The number of Topliss-reactive ketones (excluding diaryl/α,β-unsaturated/α-hetero) is 1. The lowest BCUT2D eigenvalue weighted by Gasteiger charge is -2.27. The highest BCUT2D eigenvalue weighted by Gasteiger charge is 2.54. The van der Waals surface area contributed by atoms with Crippen LogP contribution < -0.4 is 4.74 Å². The van der Waals surface area contributed by atoms with Crippen LogP contribution in [0.5, 0.6) is 5.75 Å². The lowest BCUT2D eigenvalue weighted by atomic mass is 9.91. The standard InChI is InChI=1S/C30H20O4/c1-19(31)33-30(22-17-15-21(16-18-22)20-9-3-2-4-10-20)29(32)27-25-13-7-5-11-23(25)24-12-6-8-14-26(24)28(27)34-30/h2-18H,1H3. The van der Waals surface area contributed by atoms with Crippen LogP contribution in [0.3, 0.4) is 0 Å². The first-order valence-electron chi connectivity index (χ1n) is 11.1. The summed E-state index contributed by atoms with van der Waals surface area (Å²) in [6.45, 7) is 1.29. The number of fused-ring (bicyclic) bond motifs is 6. The highest BCUT2D eigenvalue weighted by Crippen LogP contribution is 2.49. The quantitative estimate of drug-likeness (QED) is 0.231. The fourth-order valence-corrected chi connectivity index (χ4v) is 4.83. The van der Waals surface area contributed by atoms with E-state index in [4.69, 9.17) is 9.47 Å². The van der Waals surface area contributed by atoms with E-state index in [9.17, 15) is 9.59 Å². The van der Waals surface area contributed by atoms with Crippen molar-refractivity contribution in [3.8, 4) is 16.9 Å². The Balaban J connectivity index is 1.57. The molecule has 1 aliphatic rings. The summed E-state index contributed by atoms with van der Waals surface area (Å²) in [5.74, 6) is -2.42. The number of esters is 1. The molecule has 0 amide bonds. The topological polar surface area (TPSA) is 52.6 Å². The first kappa shape index (κ1) is 20.2. The Hall–Kier alpha value is -4.44. The van der Waals surface area contributed by atoms with Crippen LogP contribution in [0, 0.1) is 0 Å². The van der Waals surface area contributed by atoms with E-state index in [-0.39, 0.29) is 5.78 Å². The van der Waals surface area contributed by atoms with E-state index < -0.39 is 11.8 Å². The number of carbonyl (C=O) groups is 2. The van der Waals surface area contributed by atoms with Gasteiger partial charge in [-0.15, -0.1) is 0 Å². The fourth-order valence-electron chi connectivity index (χ4n) is 4.83. The number of hydrogen-bond acceptors (Lipinski definition) is 4. The Morgan fingerprint density at radius 2 is 1.21 bits per heavy atom. The van der Waals surface area contributed by atoms with Crippen LogP contribution in [0.15, 0.2) is 103 Å². The molecule has 1 atom stereocenters. The van der Waals surface area contributed by atoms with Gasteiger partial charge in [-0.2, -0.15) is 0 Å². The van der Waals surface area contributed by atoms with Gasteiger partial charge in [0.05, 0.1) is 5.56 Å². The van der Waals surface area contributed by atoms with Crippen LogP contribution in [0.2, 0.25) is 0 Å². The third kappa shape index (κ3) is 2.92. The Morgan fingerprint density at radius 1 is 0.676 bits per heavy atom. The summed E-state index contributed by atoms with van der Waals surface area (Å²) in [5.41, 5.74) is 2.94. The zero-order valence-electron chi connectivity index (χ0n) is 18.4. The summed E-state index contributed by atoms with van der Waals surface area (Å²) in [6.07, 6.45) is 0. The highest BCUT2D eigenvalue weighted by molar-refractivity contribution is 6.24. The minimum absolute atomic E-state index is 0.382. The smallest absolute Gasteiger partial charge is 0.346 e. The van der Waals surface area contributed by atoms with Crippen molar-refractivity contribution in [2.75, 3.05) is 0 Å². The SMILES string of the molecule is CC(=O)OC1(c2ccc(-c3ccccc3)cc2)Oc2c(c3ccccc3c3ccccc23)C1=O. The van der Waals surface area contributed by atoms with Crippen molar-refractivity contribution in [1.82, 2.24) is 0 Å². The number of ether oxygens (including phenoxy) is 2. The van der Waals surface area contributed by atoms with Gasteiger partial charge in [0.25, 0.3) is 5.78 Å². The van der Waals surface area contributed by atoms with Gasteiger partial charge in [0, 0.05) is 17.9 Å². The molecule has 4 heteroatoms. The number of benzene rings is 5. The monoisotopic (exact) mass is 444 g/mol. The lowest BCUT2D eigenvalue weighted by Crippen LogP contribution is -2.41. The van der Waals surface area contributed by atoms with Crippen LogP contribution in [-0.2, 0) is 15.3 Å². The number of ketones is 1. The van der Waals surface area contributed by atoms with E-state index in [1.807, 2.05) is 91.0 Å². The summed E-state index contributed by atoms with van der Waals surface area (Å²) in [7, 11) is 0. The fraction of sp³-hybridized carbons (Fsp3) is 0.0667. The van der Waals surface area contributed by atoms with E-state index >= 15 is 0 Å². The predicted octanol–water partition coefficient (Wildman–Crippen LogP) is 6.65. The van der Waals surface area contributed by atoms with Crippen molar-refractivity contribution in [2.45, 2.75) is 12.7 Å². The third-order valence-electron chi connectivity index (χ3n) is 6.32. The summed E-state index contributed by atoms with van der Waals surface area (Å²) >= 11 is 0. The molecule has 0 saturated heterocycles. The number of carbonyl (C=O) groups excluding carboxylic acids is 2. The third-order valence-corrected chi connectivity index (χ3v) is 6.32. The van der Waals surface area contributed by atoms with Gasteiger partial charge in [-0.25, -0.2) is 0 Å². The molecule has 0 aliphatic carbocycles. The number of rotatable bonds is 3. The van der Waals surface area contributed by atoms with E-state index in [0.29, 0.717) is 16.9 Å². The molecule has 6 rings (SSSR count). The molecule has 1 aliphatic heterocycles. The highest BCUT2D eigenvalue weighted by atomic mass is 16.7. The van der Waals surface area contributed by atoms with Gasteiger partial charge < -0.3 is 9.47 Å². The zero-order valence-corrected chi connectivity index (χ0v) is 18.4. The van der Waals surface area contributed by atoms with Crippen molar-refractivity contribution in [1.29, 1.82) is 0 Å². The first-order valence-corrected chi connectivity index (χ1v) is 11.1. The second-order valence-electron chi connectivity index (χ2n) is 8.38. The molecule has 0 aromatic heterocycles. The Morgan fingerprint density at radius 3 is 1.85 bits per heavy atom. The molecule has 0 spiro atoms. The van der Waals surface area contributed by atoms with Gasteiger partial charge in [-0.3, -0.25) is 9.59 Å². The van der Waals surface area contributed by atoms with Crippen molar-refractivity contribution in [3.05, 3.63) is 114 Å². The first-order chi connectivity index (χ1) is 16.6. The normalized spacial score (nSPS) is 16.9. The summed E-state index contributed by atoms with van der Waals surface area (Å²) in [4.78, 5) is 26.3. The molecule has 0 bridgehead atoms. The van der Waals surface area contributed by atoms with E-state index in [1.54, 1.807) is 12.1 Å². The van der Waals surface area contributed by atoms with E-state index in [1.165, 1.54) is 6.92 Å². The van der Waals surface area contributed by atoms with Gasteiger partial charge in [0.15, 0.2) is 0 Å². The molecule has 0 radical (unpaired) electrons. The summed E-state index contributed by atoms with van der Waals surface area (Å²) in [6, 6.07) is 32.9. The van der Waals surface area contributed by atoms with Crippen LogP contribution in [0.4, 0.5) is 0 Å². The molecule has 0 N–H and O–H groups in total. The van der Waals surface area contributed by atoms with Crippen molar-refractivity contribution in [2.24, 2.45) is 0 Å². The Bertz CT molecular complexity index is 1590. The maximum absolute atomic E-state index is 14.1. The lowest BCUT2D eigenvalue weighted by molar-refractivity contribution is -0.179. The van der Waals surface area contributed by atoms with Crippen molar-refractivity contribution >= 4 is 33.3 Å². The Kier molecular flexibility index (Phi) is 4.49. The molecule has 4 nitrogen and oxygen atoms in total. The molecule has 5 aromatic rings. The molecule has 1 unspecified atom stereocenters. The van der Waals surface area contributed by atoms with Crippen LogP contribution in [0.1, 0.15) is 22.8 Å². The average Bonchev–Trinajstić information content (AvgIpc) is 3.17. The minimum atomic E-state index is -1.88. The van der Waals surface area contributed by atoms with Gasteiger partial charge >= 0.3 is 11.8 Å². The molecule has 164 valence electrons. The maximum atomic E-state index is 14.1. The van der Waals surface area contributed by atoms with Crippen LogP contribution in [-0.4, -0.2) is 11.8 Å². The summed E-state index contributed by atoms with van der Waals surface area (Å²) < 4.78 is 12.1. The van der Waals surface area contributed by atoms with Crippen LogP contribution >= 0.6 is 0 Å². The van der Waals surface area contributed by atoms with Crippen molar-refractivity contribution < 1.29 is 19.1 Å². The van der Waals surface area contributed by atoms with Crippen molar-refractivity contribution in [3.63, 3.8) is 0 Å². The number of hydrogen-bond donors (Lipinski definition) is 0. The average molecular weight is 444 g/mol. The van der Waals surface area contributed by atoms with Gasteiger partial charge in [0.2, 0.25) is 0 Å². The minimum Gasteiger partial charge on any atom is -0.440 e. The Labute approximate surface area is 196 Å². The molecule has 0 saturated carbocycles. The van der Waals surface area contributed by atoms with E-state index in [2.05, 4.69) is 0 Å². The molecule has 0 fully saturated rings.